The molecular weight excluding hydrogens is 208 g/mol. The third-order valence-corrected chi connectivity index (χ3v) is 3.04. The Morgan fingerprint density at radius 1 is 1.56 bits per heavy atom. The van der Waals surface area contributed by atoms with Gasteiger partial charge in [0.1, 0.15) is 0 Å². The Labute approximate surface area is 95.6 Å². The summed E-state index contributed by atoms with van der Waals surface area (Å²) in [6, 6.07) is 0. The topological polar surface area (TPSA) is 78.4 Å². The maximum absolute atomic E-state index is 11.7. The molecule has 2 unspecified atom stereocenters. The van der Waals surface area contributed by atoms with Gasteiger partial charge in [-0.2, -0.15) is 0 Å². The fourth-order valence-corrected chi connectivity index (χ4v) is 1.88. The summed E-state index contributed by atoms with van der Waals surface area (Å²) in [4.78, 5) is 22.2. The molecule has 1 aliphatic heterocycles. The van der Waals surface area contributed by atoms with Gasteiger partial charge < -0.3 is 15.7 Å². The average Bonchev–Trinajstić information content (AvgIpc) is 2.76. The summed E-state index contributed by atoms with van der Waals surface area (Å²) in [7, 11) is 0. The highest BCUT2D eigenvalue weighted by molar-refractivity contribution is 5.79. The lowest BCUT2D eigenvalue weighted by atomic mass is 10.0. The predicted octanol–water partition coefficient (Wildman–Crippen LogP) is 0.213. The molecule has 0 radical (unpaired) electrons. The fraction of sp³-hybridized carbons (Fsp3) is 0.818. The first-order chi connectivity index (χ1) is 7.63. The number of amides is 1. The SMILES string of the molecule is CCC(CNC(=O)C1CCNC1)CC(=O)O. The number of aliphatic carboxylic acids is 1. The van der Waals surface area contributed by atoms with Crippen LogP contribution in [-0.4, -0.2) is 36.6 Å². The van der Waals surface area contributed by atoms with Crippen LogP contribution < -0.4 is 10.6 Å². The summed E-state index contributed by atoms with van der Waals surface area (Å²) in [5.41, 5.74) is 0. The summed E-state index contributed by atoms with van der Waals surface area (Å²) in [6.45, 7) is 4.04. The minimum Gasteiger partial charge on any atom is -0.481 e. The highest BCUT2D eigenvalue weighted by Crippen LogP contribution is 2.10. The maximum Gasteiger partial charge on any atom is 0.303 e. The van der Waals surface area contributed by atoms with Crippen LogP contribution in [0.25, 0.3) is 0 Å². The Hall–Kier alpha value is -1.10. The van der Waals surface area contributed by atoms with Crippen molar-refractivity contribution in [1.82, 2.24) is 10.6 Å². The van der Waals surface area contributed by atoms with E-state index >= 15 is 0 Å². The van der Waals surface area contributed by atoms with Crippen LogP contribution in [0, 0.1) is 11.8 Å². The van der Waals surface area contributed by atoms with Crippen LogP contribution >= 0.6 is 0 Å². The van der Waals surface area contributed by atoms with E-state index in [4.69, 9.17) is 5.11 Å². The van der Waals surface area contributed by atoms with Crippen molar-refractivity contribution in [2.24, 2.45) is 11.8 Å². The van der Waals surface area contributed by atoms with E-state index in [1.165, 1.54) is 0 Å². The molecule has 0 bridgehead atoms. The van der Waals surface area contributed by atoms with Gasteiger partial charge in [-0.25, -0.2) is 0 Å². The second-order valence-electron chi connectivity index (χ2n) is 4.31. The van der Waals surface area contributed by atoms with Crippen LogP contribution in [-0.2, 0) is 9.59 Å². The zero-order valence-corrected chi connectivity index (χ0v) is 9.66. The molecule has 0 saturated carbocycles. The van der Waals surface area contributed by atoms with Crippen molar-refractivity contribution in [1.29, 1.82) is 0 Å². The highest BCUT2D eigenvalue weighted by Gasteiger charge is 2.22. The van der Waals surface area contributed by atoms with Gasteiger partial charge in [-0.3, -0.25) is 9.59 Å². The number of carbonyl (C=O) groups excluding carboxylic acids is 1. The Morgan fingerprint density at radius 3 is 2.81 bits per heavy atom. The van der Waals surface area contributed by atoms with E-state index in [-0.39, 0.29) is 24.2 Å². The number of rotatable bonds is 6. The molecule has 16 heavy (non-hydrogen) atoms. The van der Waals surface area contributed by atoms with Gasteiger partial charge in [-0.1, -0.05) is 13.3 Å². The second-order valence-corrected chi connectivity index (χ2v) is 4.31. The third kappa shape index (κ3) is 4.18. The first-order valence-electron chi connectivity index (χ1n) is 5.83. The largest absolute Gasteiger partial charge is 0.481 e. The summed E-state index contributed by atoms with van der Waals surface area (Å²) in [6.07, 6.45) is 1.77. The van der Waals surface area contributed by atoms with Crippen molar-refractivity contribution >= 4 is 11.9 Å². The van der Waals surface area contributed by atoms with Gasteiger partial charge in [0.2, 0.25) is 5.91 Å². The smallest absolute Gasteiger partial charge is 0.303 e. The number of carboxylic acids is 1. The Morgan fingerprint density at radius 2 is 2.31 bits per heavy atom. The van der Waals surface area contributed by atoms with E-state index in [0.717, 1.165) is 25.9 Å². The summed E-state index contributed by atoms with van der Waals surface area (Å²) >= 11 is 0. The molecule has 1 fully saturated rings. The van der Waals surface area contributed by atoms with Crippen molar-refractivity contribution in [3.05, 3.63) is 0 Å². The van der Waals surface area contributed by atoms with Crippen molar-refractivity contribution in [3.8, 4) is 0 Å². The standard InChI is InChI=1S/C11H20N2O3/c1-2-8(5-10(14)15)6-13-11(16)9-3-4-12-7-9/h8-9,12H,2-7H2,1H3,(H,13,16)(H,14,15). The molecular formula is C11H20N2O3. The van der Waals surface area contributed by atoms with Gasteiger partial charge in [0.05, 0.1) is 5.92 Å². The van der Waals surface area contributed by atoms with E-state index in [9.17, 15) is 9.59 Å². The predicted molar refractivity (Wildman–Crippen MR) is 60.0 cm³/mol. The lowest BCUT2D eigenvalue weighted by molar-refractivity contribution is -0.138. The first-order valence-corrected chi connectivity index (χ1v) is 5.83. The Balaban J connectivity index is 2.25. The van der Waals surface area contributed by atoms with E-state index in [1.54, 1.807) is 0 Å². The lowest BCUT2D eigenvalue weighted by Gasteiger charge is -2.15. The van der Waals surface area contributed by atoms with Gasteiger partial charge in [-0.05, 0) is 18.9 Å². The highest BCUT2D eigenvalue weighted by atomic mass is 16.4. The van der Waals surface area contributed by atoms with Crippen LogP contribution in [0.4, 0.5) is 0 Å². The van der Waals surface area contributed by atoms with Crippen LogP contribution in [0.2, 0.25) is 0 Å². The number of nitrogens with one attached hydrogen (secondary N) is 2. The Bertz CT molecular complexity index is 250. The third-order valence-electron chi connectivity index (χ3n) is 3.04. The molecule has 1 rings (SSSR count). The molecule has 5 nitrogen and oxygen atoms in total. The number of carbonyl (C=O) groups is 2. The molecule has 1 amide bonds. The van der Waals surface area contributed by atoms with Crippen molar-refractivity contribution in [2.45, 2.75) is 26.2 Å². The van der Waals surface area contributed by atoms with Crippen molar-refractivity contribution in [3.63, 3.8) is 0 Å². The van der Waals surface area contributed by atoms with E-state index in [1.807, 2.05) is 6.92 Å². The molecule has 0 aromatic heterocycles. The van der Waals surface area contributed by atoms with Gasteiger partial charge in [0.25, 0.3) is 0 Å². The van der Waals surface area contributed by atoms with Gasteiger partial charge in [0.15, 0.2) is 0 Å². The van der Waals surface area contributed by atoms with Gasteiger partial charge in [-0.15, -0.1) is 0 Å². The Kier molecular flexibility index (Phi) is 5.25. The monoisotopic (exact) mass is 228 g/mol. The van der Waals surface area contributed by atoms with Crippen molar-refractivity contribution < 1.29 is 14.7 Å². The molecule has 0 aliphatic carbocycles. The molecule has 1 aliphatic rings. The molecule has 2 atom stereocenters. The zero-order chi connectivity index (χ0) is 12.0. The molecule has 5 heteroatoms. The summed E-state index contributed by atoms with van der Waals surface area (Å²) in [5, 5.41) is 14.6. The second kappa shape index (κ2) is 6.48. The summed E-state index contributed by atoms with van der Waals surface area (Å²) in [5.74, 6) is -0.657. The van der Waals surface area contributed by atoms with E-state index < -0.39 is 5.97 Å². The average molecular weight is 228 g/mol. The van der Waals surface area contributed by atoms with Gasteiger partial charge in [0, 0.05) is 19.5 Å². The first kappa shape index (κ1) is 13.0. The van der Waals surface area contributed by atoms with Crippen LogP contribution in [0.1, 0.15) is 26.2 Å². The maximum atomic E-state index is 11.7. The van der Waals surface area contributed by atoms with Crippen molar-refractivity contribution in [2.75, 3.05) is 19.6 Å². The summed E-state index contributed by atoms with van der Waals surface area (Å²) < 4.78 is 0. The normalized spacial score (nSPS) is 21.7. The fourth-order valence-electron chi connectivity index (χ4n) is 1.88. The molecule has 0 spiro atoms. The molecule has 1 saturated heterocycles. The number of hydrogen-bond acceptors (Lipinski definition) is 3. The molecule has 0 aromatic carbocycles. The van der Waals surface area contributed by atoms with Crippen LogP contribution in [0.3, 0.4) is 0 Å². The van der Waals surface area contributed by atoms with Crippen LogP contribution in [0.15, 0.2) is 0 Å². The van der Waals surface area contributed by atoms with Crippen LogP contribution in [0.5, 0.6) is 0 Å². The zero-order valence-electron chi connectivity index (χ0n) is 9.66. The molecule has 0 aromatic rings. The minimum atomic E-state index is -0.802. The molecule has 1 heterocycles. The number of hydrogen-bond donors (Lipinski definition) is 3. The van der Waals surface area contributed by atoms with Gasteiger partial charge >= 0.3 is 5.97 Å². The molecule has 3 N–H and O–H groups in total. The number of carboxylic acid groups (broad SMARTS) is 1. The minimum absolute atomic E-state index is 0.0378. The molecule has 92 valence electrons. The van der Waals surface area contributed by atoms with E-state index in [2.05, 4.69) is 10.6 Å². The lowest BCUT2D eigenvalue weighted by Crippen LogP contribution is -2.35. The quantitative estimate of drug-likeness (QED) is 0.607. The van der Waals surface area contributed by atoms with E-state index in [0.29, 0.717) is 6.54 Å².